The molecule has 0 radical (unpaired) electrons. The number of halogens is 2. The lowest BCUT2D eigenvalue weighted by Crippen LogP contribution is -2.50. The van der Waals surface area contributed by atoms with Crippen molar-refractivity contribution in [1.29, 1.82) is 0 Å². The molecule has 2 fully saturated rings. The fourth-order valence-electron chi connectivity index (χ4n) is 4.12. The molecule has 1 aliphatic heterocycles. The third kappa shape index (κ3) is 2.89. The van der Waals surface area contributed by atoms with E-state index < -0.39 is 28.9 Å². The van der Waals surface area contributed by atoms with Crippen LogP contribution in [0.1, 0.15) is 44.1 Å². The average molecular weight is 337 g/mol. The second-order valence-corrected chi connectivity index (χ2v) is 6.84. The Morgan fingerprint density at radius 1 is 1.17 bits per heavy atom. The van der Waals surface area contributed by atoms with Gasteiger partial charge in [-0.05, 0) is 31.7 Å². The zero-order valence-corrected chi connectivity index (χ0v) is 13.4. The van der Waals surface area contributed by atoms with Gasteiger partial charge in [-0.3, -0.25) is 9.59 Å². The predicted molar refractivity (Wildman–Crippen MR) is 83.4 cm³/mol. The molecule has 1 saturated heterocycles. The van der Waals surface area contributed by atoms with E-state index in [2.05, 4.69) is 0 Å². The number of nitrogens with zero attached hydrogens (tertiary/aromatic N) is 1. The van der Waals surface area contributed by atoms with E-state index in [1.807, 2.05) is 0 Å². The fourth-order valence-corrected chi connectivity index (χ4v) is 4.12. The van der Waals surface area contributed by atoms with Crippen LogP contribution >= 0.6 is 0 Å². The van der Waals surface area contributed by atoms with Gasteiger partial charge in [0, 0.05) is 24.7 Å². The monoisotopic (exact) mass is 337 g/mol. The highest BCUT2D eigenvalue weighted by Crippen LogP contribution is 2.44. The van der Waals surface area contributed by atoms with Crippen LogP contribution in [0.4, 0.5) is 8.78 Å². The van der Waals surface area contributed by atoms with Crippen LogP contribution in [0, 0.1) is 17.6 Å². The Kier molecular flexibility index (Phi) is 4.56. The van der Waals surface area contributed by atoms with Crippen LogP contribution < -0.4 is 0 Å². The highest BCUT2D eigenvalue weighted by atomic mass is 19.1. The van der Waals surface area contributed by atoms with Crippen LogP contribution in [-0.4, -0.2) is 35.0 Å². The molecule has 1 unspecified atom stereocenters. The molecule has 2 aliphatic rings. The van der Waals surface area contributed by atoms with Crippen molar-refractivity contribution in [3.63, 3.8) is 0 Å². The average Bonchev–Trinajstić information content (AvgIpc) is 3.05. The molecule has 0 bridgehead atoms. The van der Waals surface area contributed by atoms with Gasteiger partial charge in [0.15, 0.2) is 0 Å². The summed E-state index contributed by atoms with van der Waals surface area (Å²) in [5.74, 6) is -3.05. The van der Waals surface area contributed by atoms with E-state index in [9.17, 15) is 23.5 Å². The Labute approximate surface area is 139 Å². The number of hydrogen-bond acceptors (Lipinski definition) is 2. The van der Waals surface area contributed by atoms with Gasteiger partial charge in [0.05, 0.1) is 11.3 Å². The smallest absolute Gasteiger partial charge is 0.308 e. The maximum Gasteiger partial charge on any atom is 0.308 e. The molecule has 1 heterocycles. The molecule has 1 aromatic carbocycles. The molecule has 0 aromatic heterocycles. The number of carbonyl (C=O) groups excluding carboxylic acids is 1. The number of hydrogen-bond donors (Lipinski definition) is 1. The summed E-state index contributed by atoms with van der Waals surface area (Å²) < 4.78 is 27.6. The van der Waals surface area contributed by atoms with Gasteiger partial charge in [-0.15, -0.1) is 0 Å². The van der Waals surface area contributed by atoms with E-state index in [0.29, 0.717) is 32.2 Å². The van der Waals surface area contributed by atoms with Crippen molar-refractivity contribution in [2.75, 3.05) is 13.1 Å². The number of likely N-dealkylation sites (tertiary alicyclic amines) is 1. The zero-order chi connectivity index (χ0) is 17.3. The minimum atomic E-state index is -0.988. The van der Waals surface area contributed by atoms with Gasteiger partial charge in [-0.1, -0.05) is 18.9 Å². The first kappa shape index (κ1) is 16.9. The summed E-state index contributed by atoms with van der Waals surface area (Å²) in [6, 6.07) is 3.37. The van der Waals surface area contributed by atoms with Crippen LogP contribution in [-0.2, 0) is 15.0 Å². The second kappa shape index (κ2) is 6.49. The Hall–Kier alpha value is -1.98. The molecule has 1 saturated carbocycles. The van der Waals surface area contributed by atoms with Crippen molar-refractivity contribution in [2.45, 2.75) is 43.9 Å². The summed E-state index contributed by atoms with van der Waals surface area (Å²) in [5, 5.41) is 9.22. The van der Waals surface area contributed by atoms with Crippen LogP contribution in [0.2, 0.25) is 0 Å². The van der Waals surface area contributed by atoms with E-state index in [-0.39, 0.29) is 18.0 Å². The van der Waals surface area contributed by atoms with Gasteiger partial charge in [-0.25, -0.2) is 8.78 Å². The van der Waals surface area contributed by atoms with Crippen LogP contribution in [0.15, 0.2) is 18.2 Å². The Balaban J connectivity index is 1.93. The van der Waals surface area contributed by atoms with E-state index in [1.54, 1.807) is 4.90 Å². The lowest BCUT2D eigenvalue weighted by molar-refractivity contribution is -0.147. The highest BCUT2D eigenvalue weighted by Gasteiger charge is 2.47. The number of aliphatic carboxylic acids is 1. The third-order valence-electron chi connectivity index (χ3n) is 5.37. The third-order valence-corrected chi connectivity index (χ3v) is 5.37. The number of rotatable bonds is 3. The summed E-state index contributed by atoms with van der Waals surface area (Å²) in [5.41, 5.74) is -0.748. The Bertz CT molecular complexity index is 656. The fraction of sp³-hybridized carbons (Fsp3) is 0.556. The van der Waals surface area contributed by atoms with Crippen LogP contribution in [0.5, 0.6) is 0 Å². The van der Waals surface area contributed by atoms with Gasteiger partial charge in [0.1, 0.15) is 11.6 Å². The largest absolute Gasteiger partial charge is 0.481 e. The minimum Gasteiger partial charge on any atom is -0.481 e. The van der Waals surface area contributed by atoms with Crippen molar-refractivity contribution < 1.29 is 23.5 Å². The second-order valence-electron chi connectivity index (χ2n) is 6.84. The summed E-state index contributed by atoms with van der Waals surface area (Å²) >= 11 is 0. The molecule has 4 nitrogen and oxygen atoms in total. The number of benzene rings is 1. The van der Waals surface area contributed by atoms with Gasteiger partial charge in [-0.2, -0.15) is 0 Å². The Morgan fingerprint density at radius 3 is 2.50 bits per heavy atom. The zero-order valence-electron chi connectivity index (χ0n) is 13.4. The van der Waals surface area contributed by atoms with E-state index in [1.165, 1.54) is 12.1 Å². The van der Waals surface area contributed by atoms with Crippen molar-refractivity contribution in [1.82, 2.24) is 4.90 Å². The standard InChI is InChI=1S/C18H21F2NO3/c19-13-5-6-14(15(20)10-13)18(7-1-2-8-18)17(24)21-9-3-4-12(11-21)16(22)23/h5-6,10,12H,1-4,7-9,11H2,(H,22,23). The van der Waals surface area contributed by atoms with Gasteiger partial charge in [0.25, 0.3) is 0 Å². The van der Waals surface area contributed by atoms with Crippen molar-refractivity contribution in [2.24, 2.45) is 5.92 Å². The summed E-state index contributed by atoms with van der Waals surface area (Å²) in [6.07, 6.45) is 3.82. The molecular formula is C18H21F2NO3. The van der Waals surface area contributed by atoms with Crippen molar-refractivity contribution in [3.05, 3.63) is 35.4 Å². The minimum absolute atomic E-state index is 0.165. The molecule has 1 aliphatic carbocycles. The predicted octanol–water partition coefficient (Wildman–Crippen LogP) is 3.10. The summed E-state index contributed by atoms with van der Waals surface area (Å²) in [6.45, 7) is 0.659. The molecule has 3 rings (SSSR count). The van der Waals surface area contributed by atoms with Gasteiger partial charge in [0.2, 0.25) is 5.91 Å². The van der Waals surface area contributed by atoms with Crippen molar-refractivity contribution in [3.8, 4) is 0 Å². The highest BCUT2D eigenvalue weighted by molar-refractivity contribution is 5.89. The number of amides is 1. The quantitative estimate of drug-likeness (QED) is 0.922. The molecule has 0 spiro atoms. The molecule has 1 atom stereocenters. The van der Waals surface area contributed by atoms with E-state index >= 15 is 0 Å². The van der Waals surface area contributed by atoms with Gasteiger partial charge < -0.3 is 10.0 Å². The first-order valence-electron chi connectivity index (χ1n) is 8.42. The first-order valence-corrected chi connectivity index (χ1v) is 8.42. The topological polar surface area (TPSA) is 57.6 Å². The number of carboxylic acids is 1. The molecule has 6 heteroatoms. The molecule has 1 amide bonds. The van der Waals surface area contributed by atoms with E-state index in [4.69, 9.17) is 0 Å². The molecule has 1 N–H and O–H groups in total. The number of piperidine rings is 1. The number of carbonyl (C=O) groups is 2. The normalized spacial score (nSPS) is 23.2. The summed E-state index contributed by atoms with van der Waals surface area (Å²) in [7, 11) is 0. The van der Waals surface area contributed by atoms with Crippen LogP contribution in [0.25, 0.3) is 0 Å². The maximum absolute atomic E-state index is 14.4. The van der Waals surface area contributed by atoms with Crippen LogP contribution in [0.3, 0.4) is 0 Å². The molecule has 1 aromatic rings. The molecule has 130 valence electrons. The lowest BCUT2D eigenvalue weighted by Gasteiger charge is -2.38. The lowest BCUT2D eigenvalue weighted by atomic mass is 9.76. The SMILES string of the molecule is O=C(O)C1CCCN(C(=O)C2(c3ccc(F)cc3F)CCCC2)C1. The Morgan fingerprint density at radius 2 is 1.88 bits per heavy atom. The maximum atomic E-state index is 14.4. The summed E-state index contributed by atoms with van der Waals surface area (Å²) in [4.78, 5) is 26.0. The molecule has 24 heavy (non-hydrogen) atoms. The van der Waals surface area contributed by atoms with E-state index in [0.717, 1.165) is 18.9 Å². The number of carboxylic acid groups (broad SMARTS) is 1. The first-order chi connectivity index (χ1) is 11.4. The molecular weight excluding hydrogens is 316 g/mol. The van der Waals surface area contributed by atoms with Crippen molar-refractivity contribution >= 4 is 11.9 Å². The van der Waals surface area contributed by atoms with Gasteiger partial charge >= 0.3 is 5.97 Å².